The van der Waals surface area contributed by atoms with Crippen molar-refractivity contribution >= 4 is 6.08 Å². The number of nitrogens with zero attached hydrogens (tertiary/aromatic N) is 2. The van der Waals surface area contributed by atoms with E-state index in [1.165, 1.54) is 5.57 Å². The highest BCUT2D eigenvalue weighted by atomic mass is 16.5. The van der Waals surface area contributed by atoms with Gasteiger partial charge in [-0.25, -0.2) is 0 Å². The Morgan fingerprint density at radius 1 is 1.13 bits per heavy atom. The molecule has 1 aromatic rings. The SMILES string of the molecule is CCCC(COCCC(O)c1cnc(/C=C(\C)C(C)(C)C)c(C)n1)COC(C)(C)C. The molecule has 2 unspecified atom stereocenters. The molecule has 0 aliphatic carbocycles. The van der Waals surface area contributed by atoms with Crippen LogP contribution in [0.4, 0.5) is 0 Å². The van der Waals surface area contributed by atoms with Crippen molar-refractivity contribution in [1.29, 1.82) is 0 Å². The lowest BCUT2D eigenvalue weighted by Crippen LogP contribution is -2.26. The van der Waals surface area contributed by atoms with Gasteiger partial charge < -0.3 is 14.6 Å². The van der Waals surface area contributed by atoms with Gasteiger partial charge >= 0.3 is 0 Å². The highest BCUT2D eigenvalue weighted by molar-refractivity contribution is 5.51. The molecule has 0 aromatic carbocycles. The second kappa shape index (κ2) is 11.9. The molecule has 0 saturated heterocycles. The first kappa shape index (κ1) is 26.7. The van der Waals surface area contributed by atoms with Gasteiger partial charge in [0.1, 0.15) is 0 Å². The predicted molar refractivity (Wildman–Crippen MR) is 124 cm³/mol. The third kappa shape index (κ3) is 10.1. The van der Waals surface area contributed by atoms with Gasteiger partial charge in [-0.05, 0) is 52.5 Å². The van der Waals surface area contributed by atoms with Gasteiger partial charge in [0.05, 0.1) is 48.2 Å². The molecule has 1 aromatic heterocycles. The maximum atomic E-state index is 10.5. The van der Waals surface area contributed by atoms with Crippen LogP contribution in [0.2, 0.25) is 0 Å². The van der Waals surface area contributed by atoms with Gasteiger partial charge in [0.15, 0.2) is 0 Å². The number of aryl methyl sites for hydroxylation is 1. The van der Waals surface area contributed by atoms with Crippen molar-refractivity contribution in [3.05, 3.63) is 28.9 Å². The molecule has 0 aliphatic rings. The molecule has 5 heteroatoms. The van der Waals surface area contributed by atoms with Crippen molar-refractivity contribution in [2.75, 3.05) is 19.8 Å². The van der Waals surface area contributed by atoms with Crippen LogP contribution in [-0.2, 0) is 9.47 Å². The fourth-order valence-electron chi connectivity index (χ4n) is 2.82. The van der Waals surface area contributed by atoms with E-state index in [-0.39, 0.29) is 11.0 Å². The van der Waals surface area contributed by atoms with E-state index in [1.807, 2.05) is 6.92 Å². The molecule has 0 aliphatic heterocycles. The summed E-state index contributed by atoms with van der Waals surface area (Å²) >= 11 is 0. The lowest BCUT2D eigenvalue weighted by molar-refractivity contribution is -0.0428. The normalized spacial score (nSPS) is 15.3. The van der Waals surface area contributed by atoms with Crippen molar-refractivity contribution in [1.82, 2.24) is 9.97 Å². The number of rotatable bonds is 11. The molecule has 0 bridgehead atoms. The number of allylic oxidation sites excluding steroid dienone is 1. The van der Waals surface area contributed by atoms with E-state index >= 15 is 0 Å². The van der Waals surface area contributed by atoms with Crippen LogP contribution in [0.3, 0.4) is 0 Å². The lowest BCUT2D eigenvalue weighted by Gasteiger charge is -2.24. The first-order valence-electron chi connectivity index (χ1n) is 11.3. The third-order valence-electron chi connectivity index (χ3n) is 5.22. The van der Waals surface area contributed by atoms with Crippen molar-refractivity contribution < 1.29 is 14.6 Å². The van der Waals surface area contributed by atoms with Gasteiger partial charge in [-0.3, -0.25) is 9.97 Å². The molecule has 30 heavy (non-hydrogen) atoms. The standard InChI is InChI=1S/C25H44N2O3/c1-10-11-20(17-30-25(7,8)9)16-29-13-12-23(28)22-15-26-21(19(3)27-22)14-18(2)24(4,5)6/h14-15,20,23,28H,10-13,16-17H2,1-9H3/b18-14+. The lowest BCUT2D eigenvalue weighted by atomic mass is 9.87. The van der Waals surface area contributed by atoms with E-state index < -0.39 is 6.10 Å². The number of hydrogen-bond donors (Lipinski definition) is 1. The summed E-state index contributed by atoms with van der Waals surface area (Å²) in [6.45, 7) is 20.8. The van der Waals surface area contributed by atoms with E-state index in [0.717, 1.165) is 24.2 Å². The van der Waals surface area contributed by atoms with E-state index in [4.69, 9.17) is 9.47 Å². The minimum absolute atomic E-state index is 0.0944. The second-order valence-electron chi connectivity index (χ2n) is 10.3. The number of aromatic nitrogens is 2. The maximum absolute atomic E-state index is 10.5. The monoisotopic (exact) mass is 420 g/mol. The number of ether oxygens (including phenoxy) is 2. The first-order valence-corrected chi connectivity index (χ1v) is 11.3. The van der Waals surface area contributed by atoms with Crippen molar-refractivity contribution in [3.63, 3.8) is 0 Å². The van der Waals surface area contributed by atoms with Crippen LogP contribution in [0.15, 0.2) is 11.8 Å². The fourth-order valence-corrected chi connectivity index (χ4v) is 2.82. The Morgan fingerprint density at radius 2 is 1.80 bits per heavy atom. The van der Waals surface area contributed by atoms with Crippen molar-refractivity contribution in [2.24, 2.45) is 11.3 Å². The molecular formula is C25H44N2O3. The smallest absolute Gasteiger partial charge is 0.0997 e. The molecule has 1 N–H and O–H groups in total. The van der Waals surface area contributed by atoms with E-state index in [0.29, 0.717) is 37.9 Å². The summed E-state index contributed by atoms with van der Waals surface area (Å²) in [5, 5.41) is 10.5. The Balaban J connectivity index is 2.56. The molecule has 2 atom stereocenters. The minimum Gasteiger partial charge on any atom is -0.387 e. The second-order valence-corrected chi connectivity index (χ2v) is 10.3. The minimum atomic E-state index is -0.673. The molecule has 172 valence electrons. The number of hydrogen-bond acceptors (Lipinski definition) is 5. The highest BCUT2D eigenvalue weighted by Crippen LogP contribution is 2.27. The summed E-state index contributed by atoms with van der Waals surface area (Å²) in [6.07, 6.45) is 5.77. The summed E-state index contributed by atoms with van der Waals surface area (Å²) in [5.41, 5.74) is 3.50. The predicted octanol–water partition coefficient (Wildman–Crippen LogP) is 5.91. The molecule has 5 nitrogen and oxygen atoms in total. The van der Waals surface area contributed by atoms with Gasteiger partial charge in [0, 0.05) is 18.9 Å². The number of aliphatic hydroxyl groups excluding tert-OH is 1. The quantitative estimate of drug-likeness (QED) is 0.451. The fraction of sp³-hybridized carbons (Fsp3) is 0.760. The summed E-state index contributed by atoms with van der Waals surface area (Å²) in [4.78, 5) is 9.10. The van der Waals surface area contributed by atoms with E-state index in [1.54, 1.807) is 6.20 Å². The van der Waals surface area contributed by atoms with Crippen molar-refractivity contribution in [2.45, 2.75) is 93.3 Å². The zero-order valence-electron chi connectivity index (χ0n) is 20.7. The molecule has 0 radical (unpaired) electrons. The number of aliphatic hydroxyl groups is 1. The topological polar surface area (TPSA) is 64.5 Å². The van der Waals surface area contributed by atoms with Gasteiger partial charge in [-0.2, -0.15) is 0 Å². The van der Waals surface area contributed by atoms with Crippen LogP contribution < -0.4 is 0 Å². The van der Waals surface area contributed by atoms with Crippen LogP contribution >= 0.6 is 0 Å². The maximum Gasteiger partial charge on any atom is 0.0997 e. The Bertz CT molecular complexity index is 672. The Labute approximate surface area is 184 Å². The van der Waals surface area contributed by atoms with Crippen LogP contribution in [0.1, 0.15) is 97.8 Å². The van der Waals surface area contributed by atoms with Crippen LogP contribution in [-0.4, -0.2) is 40.5 Å². The average Bonchev–Trinajstić information content (AvgIpc) is 2.62. The zero-order chi connectivity index (χ0) is 22.9. The molecule has 0 amide bonds. The highest BCUT2D eigenvalue weighted by Gasteiger charge is 2.17. The molecule has 0 spiro atoms. The summed E-state index contributed by atoms with van der Waals surface area (Å²) in [7, 11) is 0. The molecule has 1 rings (SSSR count). The Morgan fingerprint density at radius 3 is 2.33 bits per heavy atom. The van der Waals surface area contributed by atoms with Gasteiger partial charge in [0.25, 0.3) is 0 Å². The van der Waals surface area contributed by atoms with Gasteiger partial charge in [-0.15, -0.1) is 0 Å². The Hall–Kier alpha value is -1.30. The molecule has 1 heterocycles. The first-order chi connectivity index (χ1) is 13.8. The van der Waals surface area contributed by atoms with Gasteiger partial charge in [-0.1, -0.05) is 39.7 Å². The van der Waals surface area contributed by atoms with E-state index in [2.05, 4.69) is 71.4 Å². The van der Waals surface area contributed by atoms with Crippen LogP contribution in [0.5, 0.6) is 0 Å². The van der Waals surface area contributed by atoms with E-state index in [9.17, 15) is 5.11 Å². The van der Waals surface area contributed by atoms with Gasteiger partial charge in [0.2, 0.25) is 0 Å². The molecular weight excluding hydrogens is 376 g/mol. The summed E-state index contributed by atoms with van der Waals surface area (Å²) in [6, 6.07) is 0. The van der Waals surface area contributed by atoms with Crippen LogP contribution in [0, 0.1) is 18.3 Å². The molecule has 0 saturated carbocycles. The molecule has 0 fully saturated rings. The summed E-state index contributed by atoms with van der Waals surface area (Å²) < 4.78 is 11.8. The zero-order valence-corrected chi connectivity index (χ0v) is 20.7. The third-order valence-corrected chi connectivity index (χ3v) is 5.22. The summed E-state index contributed by atoms with van der Waals surface area (Å²) in [5.74, 6) is 0.380. The average molecular weight is 421 g/mol. The van der Waals surface area contributed by atoms with Crippen LogP contribution in [0.25, 0.3) is 6.08 Å². The largest absolute Gasteiger partial charge is 0.387 e. The Kier molecular flexibility index (Phi) is 10.6. The van der Waals surface area contributed by atoms with Crippen molar-refractivity contribution in [3.8, 4) is 0 Å².